The minimum absolute atomic E-state index is 0.227. The number of carbonyl (C=O) groups is 1. The van der Waals surface area contributed by atoms with Gasteiger partial charge >= 0.3 is 5.97 Å². The van der Waals surface area contributed by atoms with Crippen LogP contribution in [0.5, 0.6) is 5.75 Å². The highest BCUT2D eigenvalue weighted by atomic mass is 16.5. The van der Waals surface area contributed by atoms with Gasteiger partial charge in [0.2, 0.25) is 0 Å². The second kappa shape index (κ2) is 6.10. The predicted molar refractivity (Wildman–Crippen MR) is 78.5 cm³/mol. The van der Waals surface area contributed by atoms with Gasteiger partial charge < -0.3 is 14.7 Å². The summed E-state index contributed by atoms with van der Waals surface area (Å²) < 4.78 is 5.61. The highest BCUT2D eigenvalue weighted by molar-refractivity contribution is 5.87. The van der Waals surface area contributed by atoms with E-state index < -0.39 is 5.97 Å². The summed E-state index contributed by atoms with van der Waals surface area (Å²) in [7, 11) is 3.98. The van der Waals surface area contributed by atoms with Gasteiger partial charge in [-0.1, -0.05) is 18.2 Å². The van der Waals surface area contributed by atoms with Crippen molar-refractivity contribution < 1.29 is 14.6 Å². The monoisotopic (exact) mass is 271 g/mol. The molecule has 2 rings (SSSR count). The Hall–Kier alpha value is -2.49. The number of benzene rings is 2. The van der Waals surface area contributed by atoms with Gasteiger partial charge in [-0.25, -0.2) is 4.79 Å². The molecular weight excluding hydrogens is 254 g/mol. The van der Waals surface area contributed by atoms with E-state index in [1.807, 2.05) is 43.3 Å². The fourth-order valence-electron chi connectivity index (χ4n) is 1.78. The maximum absolute atomic E-state index is 10.9. The summed E-state index contributed by atoms with van der Waals surface area (Å²) in [5.74, 6) is -0.396. The lowest BCUT2D eigenvalue weighted by atomic mass is 10.2. The topological polar surface area (TPSA) is 49.8 Å². The average Bonchev–Trinajstić information content (AvgIpc) is 2.46. The Morgan fingerprint density at radius 1 is 1.15 bits per heavy atom. The van der Waals surface area contributed by atoms with Crippen molar-refractivity contribution in [3.05, 3.63) is 59.7 Å². The molecule has 0 aliphatic heterocycles. The number of hydrogen-bond donors (Lipinski definition) is 1. The van der Waals surface area contributed by atoms with E-state index in [0.29, 0.717) is 12.4 Å². The van der Waals surface area contributed by atoms with Crippen LogP contribution in [-0.4, -0.2) is 25.2 Å². The number of nitrogens with zero attached hydrogens (tertiary/aromatic N) is 1. The Balaban J connectivity index is 2.01. The van der Waals surface area contributed by atoms with Gasteiger partial charge in [0.25, 0.3) is 0 Å². The molecule has 0 aromatic heterocycles. The summed E-state index contributed by atoms with van der Waals surface area (Å²) in [5, 5.41) is 8.92. The summed E-state index contributed by atoms with van der Waals surface area (Å²) in [6.07, 6.45) is 0. The van der Waals surface area contributed by atoms with E-state index in [2.05, 4.69) is 0 Å². The van der Waals surface area contributed by atoms with Crippen LogP contribution < -0.4 is 9.64 Å². The molecule has 4 heteroatoms. The summed E-state index contributed by atoms with van der Waals surface area (Å²) in [4.78, 5) is 12.9. The summed E-state index contributed by atoms with van der Waals surface area (Å²) in [6, 6.07) is 14.5. The lowest BCUT2D eigenvalue weighted by Crippen LogP contribution is -2.08. The van der Waals surface area contributed by atoms with E-state index in [9.17, 15) is 4.79 Å². The largest absolute Gasteiger partial charge is 0.489 e. The molecule has 0 saturated heterocycles. The van der Waals surface area contributed by atoms with E-state index in [4.69, 9.17) is 9.84 Å². The lowest BCUT2D eigenvalue weighted by molar-refractivity contribution is 0.0696. The molecule has 2 aromatic rings. The molecule has 0 amide bonds. The Labute approximate surface area is 118 Å². The molecule has 0 unspecified atom stereocenters. The predicted octanol–water partition coefficient (Wildman–Crippen LogP) is 3.03. The van der Waals surface area contributed by atoms with Crippen LogP contribution in [0.1, 0.15) is 15.9 Å². The third kappa shape index (κ3) is 3.51. The van der Waals surface area contributed by atoms with Crippen LogP contribution in [0.4, 0.5) is 5.69 Å². The summed E-state index contributed by atoms with van der Waals surface area (Å²) in [5.41, 5.74) is 2.39. The van der Waals surface area contributed by atoms with Crippen molar-refractivity contribution in [3.63, 3.8) is 0 Å². The second-order valence-corrected chi connectivity index (χ2v) is 4.68. The van der Waals surface area contributed by atoms with Crippen LogP contribution in [0, 0.1) is 0 Å². The van der Waals surface area contributed by atoms with Gasteiger partial charge in [-0.2, -0.15) is 0 Å². The molecule has 0 saturated carbocycles. The van der Waals surface area contributed by atoms with Crippen molar-refractivity contribution in [2.45, 2.75) is 6.61 Å². The van der Waals surface area contributed by atoms with Crippen molar-refractivity contribution in [3.8, 4) is 5.75 Å². The molecule has 0 bridgehead atoms. The van der Waals surface area contributed by atoms with Crippen LogP contribution in [0.15, 0.2) is 48.5 Å². The Kier molecular flexibility index (Phi) is 4.25. The normalized spacial score (nSPS) is 10.1. The van der Waals surface area contributed by atoms with Gasteiger partial charge in [0.1, 0.15) is 12.4 Å². The van der Waals surface area contributed by atoms with Gasteiger partial charge in [0.05, 0.1) is 5.56 Å². The molecule has 20 heavy (non-hydrogen) atoms. The average molecular weight is 271 g/mol. The lowest BCUT2D eigenvalue weighted by Gasteiger charge is -2.13. The third-order valence-electron chi connectivity index (χ3n) is 2.94. The fourth-order valence-corrected chi connectivity index (χ4v) is 1.78. The Morgan fingerprint density at radius 2 is 1.85 bits per heavy atom. The van der Waals surface area contributed by atoms with E-state index in [0.717, 1.165) is 11.3 Å². The Morgan fingerprint density at radius 3 is 2.45 bits per heavy atom. The van der Waals surface area contributed by atoms with E-state index in [1.165, 1.54) is 6.07 Å². The van der Waals surface area contributed by atoms with Crippen LogP contribution >= 0.6 is 0 Å². The molecule has 0 radical (unpaired) electrons. The number of ether oxygens (including phenoxy) is 1. The number of rotatable bonds is 5. The maximum Gasteiger partial charge on any atom is 0.335 e. The van der Waals surface area contributed by atoms with Gasteiger partial charge in [0, 0.05) is 19.8 Å². The third-order valence-corrected chi connectivity index (χ3v) is 2.94. The van der Waals surface area contributed by atoms with Crippen molar-refractivity contribution in [1.82, 2.24) is 0 Å². The summed E-state index contributed by atoms with van der Waals surface area (Å²) >= 11 is 0. The van der Waals surface area contributed by atoms with Crippen molar-refractivity contribution in [2.24, 2.45) is 0 Å². The van der Waals surface area contributed by atoms with E-state index in [-0.39, 0.29) is 5.56 Å². The zero-order valence-electron chi connectivity index (χ0n) is 11.5. The number of hydrogen-bond acceptors (Lipinski definition) is 3. The van der Waals surface area contributed by atoms with Gasteiger partial charge in [0.15, 0.2) is 0 Å². The molecule has 4 nitrogen and oxygen atoms in total. The maximum atomic E-state index is 10.9. The van der Waals surface area contributed by atoms with E-state index in [1.54, 1.807) is 18.2 Å². The zero-order valence-corrected chi connectivity index (χ0v) is 11.5. The van der Waals surface area contributed by atoms with Gasteiger partial charge in [-0.15, -0.1) is 0 Å². The minimum atomic E-state index is -0.953. The molecule has 0 aliphatic carbocycles. The van der Waals surface area contributed by atoms with Crippen LogP contribution in [0.3, 0.4) is 0 Å². The zero-order chi connectivity index (χ0) is 14.5. The van der Waals surface area contributed by atoms with Gasteiger partial charge in [-0.3, -0.25) is 0 Å². The number of aromatic carboxylic acids is 1. The molecule has 0 aliphatic rings. The molecular formula is C16H17NO3. The highest BCUT2D eigenvalue weighted by Crippen LogP contribution is 2.17. The first kappa shape index (κ1) is 13.9. The Bertz CT molecular complexity index is 591. The van der Waals surface area contributed by atoms with Crippen molar-refractivity contribution in [1.29, 1.82) is 0 Å². The minimum Gasteiger partial charge on any atom is -0.489 e. The first-order valence-electron chi connectivity index (χ1n) is 6.28. The first-order chi connectivity index (χ1) is 9.56. The quantitative estimate of drug-likeness (QED) is 0.908. The van der Waals surface area contributed by atoms with Crippen molar-refractivity contribution in [2.75, 3.05) is 19.0 Å². The van der Waals surface area contributed by atoms with Crippen LogP contribution in [-0.2, 0) is 6.61 Å². The number of anilines is 1. The van der Waals surface area contributed by atoms with Crippen LogP contribution in [0.2, 0.25) is 0 Å². The van der Waals surface area contributed by atoms with E-state index >= 15 is 0 Å². The molecule has 1 N–H and O–H groups in total. The smallest absolute Gasteiger partial charge is 0.335 e. The van der Waals surface area contributed by atoms with Crippen molar-refractivity contribution >= 4 is 11.7 Å². The summed E-state index contributed by atoms with van der Waals surface area (Å²) in [6.45, 7) is 0.413. The molecule has 0 heterocycles. The SMILES string of the molecule is CN(C)c1ccc(COc2cccc(C(=O)O)c2)cc1. The molecule has 104 valence electrons. The second-order valence-electron chi connectivity index (χ2n) is 4.68. The number of carboxylic acids is 1. The standard InChI is InChI=1S/C16H17NO3/c1-17(2)14-8-6-12(7-9-14)11-20-15-5-3-4-13(10-15)16(18)19/h3-10H,11H2,1-2H3,(H,18,19). The fraction of sp³-hybridized carbons (Fsp3) is 0.188. The molecule has 2 aromatic carbocycles. The van der Waals surface area contributed by atoms with Gasteiger partial charge in [-0.05, 0) is 35.9 Å². The highest BCUT2D eigenvalue weighted by Gasteiger charge is 2.04. The molecule has 0 atom stereocenters. The van der Waals surface area contributed by atoms with Crippen LogP contribution in [0.25, 0.3) is 0 Å². The molecule has 0 fully saturated rings. The number of carboxylic acid groups (broad SMARTS) is 1. The first-order valence-corrected chi connectivity index (χ1v) is 6.28. The molecule has 0 spiro atoms.